The van der Waals surface area contributed by atoms with Gasteiger partial charge in [0.1, 0.15) is 6.61 Å². The third kappa shape index (κ3) is 5.09. The number of likely N-dealkylation sites (N-methyl/N-ethyl adjacent to an activating group) is 1. The monoisotopic (exact) mass is 395 g/mol. The highest BCUT2D eigenvalue weighted by atomic mass is 16.5. The molecule has 1 heterocycles. The summed E-state index contributed by atoms with van der Waals surface area (Å²) in [5.74, 6) is 0.910. The number of carbonyl (C=O) groups excluding carboxylic acids is 1. The van der Waals surface area contributed by atoms with E-state index < -0.39 is 0 Å². The first-order valence-electron chi connectivity index (χ1n) is 9.79. The van der Waals surface area contributed by atoms with Crippen LogP contribution in [0.25, 0.3) is 0 Å². The fraction of sp³-hybridized carbons (Fsp3) is 0.348. The lowest BCUT2D eigenvalue weighted by Crippen LogP contribution is -2.44. The van der Waals surface area contributed by atoms with Gasteiger partial charge in [-0.25, -0.2) is 0 Å². The Morgan fingerprint density at radius 2 is 1.90 bits per heavy atom. The lowest BCUT2D eigenvalue weighted by molar-refractivity contribution is 0.102. The molecule has 154 valence electrons. The van der Waals surface area contributed by atoms with Crippen molar-refractivity contribution in [1.29, 1.82) is 0 Å². The van der Waals surface area contributed by atoms with Gasteiger partial charge in [0.2, 0.25) is 0 Å². The van der Waals surface area contributed by atoms with Crippen LogP contribution < -0.4 is 19.7 Å². The van der Waals surface area contributed by atoms with Gasteiger partial charge in [-0.1, -0.05) is 12.7 Å². The minimum Gasteiger partial charge on any atom is -0.493 e. The lowest BCUT2D eigenvalue weighted by Gasteiger charge is -2.34. The minimum absolute atomic E-state index is 0.186. The van der Waals surface area contributed by atoms with E-state index in [1.165, 1.54) is 5.69 Å². The molecule has 2 aromatic rings. The smallest absolute Gasteiger partial charge is 0.255 e. The molecule has 1 fully saturated rings. The number of benzene rings is 2. The zero-order chi connectivity index (χ0) is 20.8. The summed E-state index contributed by atoms with van der Waals surface area (Å²) in [7, 11) is 3.70. The molecule has 0 unspecified atom stereocenters. The number of ether oxygens (including phenoxy) is 2. The van der Waals surface area contributed by atoms with Crippen LogP contribution in [-0.4, -0.2) is 57.8 Å². The van der Waals surface area contributed by atoms with Gasteiger partial charge in [0.15, 0.2) is 11.5 Å². The van der Waals surface area contributed by atoms with Gasteiger partial charge in [-0.3, -0.25) is 4.79 Å². The van der Waals surface area contributed by atoms with E-state index in [0.717, 1.165) is 37.4 Å². The fourth-order valence-electron chi connectivity index (χ4n) is 3.32. The number of anilines is 2. The van der Waals surface area contributed by atoms with Crippen LogP contribution in [0.5, 0.6) is 11.5 Å². The standard InChI is InChI=1S/C23H29N3O3/c1-5-14-29-21-9-6-18(16-22(21)28-4)23(27)24-20-8-7-19(15-17(20)2)26-12-10-25(3)11-13-26/h5-9,15-16H,1,10-14H2,2-4H3,(H,24,27). The van der Waals surface area contributed by atoms with Crippen LogP contribution in [0.15, 0.2) is 49.1 Å². The Labute approximate surface area is 172 Å². The second-order valence-electron chi connectivity index (χ2n) is 7.21. The van der Waals surface area contributed by atoms with Gasteiger partial charge in [-0.2, -0.15) is 0 Å². The van der Waals surface area contributed by atoms with E-state index in [4.69, 9.17) is 9.47 Å². The van der Waals surface area contributed by atoms with Crippen molar-refractivity contribution in [2.45, 2.75) is 6.92 Å². The molecule has 0 aromatic heterocycles. The molecule has 1 aliphatic heterocycles. The van der Waals surface area contributed by atoms with Gasteiger partial charge in [0.25, 0.3) is 5.91 Å². The third-order valence-corrected chi connectivity index (χ3v) is 5.11. The van der Waals surface area contributed by atoms with Crippen LogP contribution in [0.2, 0.25) is 0 Å². The number of piperazine rings is 1. The van der Waals surface area contributed by atoms with E-state index in [1.54, 1.807) is 31.4 Å². The molecule has 1 aliphatic rings. The van der Waals surface area contributed by atoms with E-state index in [-0.39, 0.29) is 5.91 Å². The highest BCUT2D eigenvalue weighted by molar-refractivity contribution is 6.05. The average molecular weight is 396 g/mol. The number of hydrogen-bond acceptors (Lipinski definition) is 5. The number of aryl methyl sites for hydroxylation is 1. The Morgan fingerprint density at radius 1 is 1.14 bits per heavy atom. The number of carbonyl (C=O) groups is 1. The van der Waals surface area contributed by atoms with Crippen molar-refractivity contribution < 1.29 is 14.3 Å². The Morgan fingerprint density at radius 3 is 2.55 bits per heavy atom. The first-order chi connectivity index (χ1) is 14.0. The zero-order valence-corrected chi connectivity index (χ0v) is 17.4. The van der Waals surface area contributed by atoms with Crippen LogP contribution in [0.3, 0.4) is 0 Å². The van der Waals surface area contributed by atoms with Crippen molar-refractivity contribution in [2.75, 3.05) is 57.2 Å². The molecule has 6 nitrogen and oxygen atoms in total. The lowest BCUT2D eigenvalue weighted by atomic mass is 10.1. The van der Waals surface area contributed by atoms with Crippen molar-refractivity contribution in [3.05, 3.63) is 60.2 Å². The van der Waals surface area contributed by atoms with Gasteiger partial charge in [-0.15, -0.1) is 0 Å². The Hall–Kier alpha value is -2.99. The summed E-state index contributed by atoms with van der Waals surface area (Å²) in [6, 6.07) is 11.3. The zero-order valence-electron chi connectivity index (χ0n) is 17.4. The average Bonchev–Trinajstić information content (AvgIpc) is 2.74. The predicted molar refractivity (Wildman–Crippen MR) is 118 cm³/mol. The van der Waals surface area contributed by atoms with E-state index in [0.29, 0.717) is 23.7 Å². The number of rotatable bonds is 7. The Bertz CT molecular complexity index is 874. The summed E-state index contributed by atoms with van der Waals surface area (Å²) in [5.41, 5.74) is 3.54. The molecule has 0 bridgehead atoms. The first-order valence-corrected chi connectivity index (χ1v) is 9.79. The summed E-state index contributed by atoms with van der Waals surface area (Å²) in [5, 5.41) is 3.00. The molecular formula is C23H29N3O3. The maximum Gasteiger partial charge on any atom is 0.255 e. The SMILES string of the molecule is C=CCOc1ccc(C(=O)Nc2ccc(N3CCN(C)CC3)cc2C)cc1OC. The number of nitrogens with zero attached hydrogens (tertiary/aromatic N) is 2. The maximum atomic E-state index is 12.7. The van der Waals surface area contributed by atoms with Crippen LogP contribution in [0.4, 0.5) is 11.4 Å². The van der Waals surface area contributed by atoms with Gasteiger partial charge in [0.05, 0.1) is 7.11 Å². The number of amides is 1. The Kier molecular flexibility index (Phi) is 6.77. The molecule has 1 amide bonds. The largest absolute Gasteiger partial charge is 0.493 e. The summed E-state index contributed by atoms with van der Waals surface area (Å²) in [4.78, 5) is 17.5. The highest BCUT2D eigenvalue weighted by Crippen LogP contribution is 2.29. The molecule has 0 radical (unpaired) electrons. The summed E-state index contributed by atoms with van der Waals surface area (Å²) >= 11 is 0. The van der Waals surface area contributed by atoms with Crippen molar-refractivity contribution in [3.8, 4) is 11.5 Å². The second kappa shape index (κ2) is 9.47. The van der Waals surface area contributed by atoms with E-state index in [1.807, 2.05) is 13.0 Å². The predicted octanol–water partition coefficient (Wildman–Crippen LogP) is 3.57. The number of hydrogen-bond donors (Lipinski definition) is 1. The molecule has 2 aromatic carbocycles. The summed E-state index contributed by atoms with van der Waals surface area (Å²) in [6.07, 6.45) is 1.66. The summed E-state index contributed by atoms with van der Waals surface area (Å²) in [6.45, 7) is 10.2. The van der Waals surface area contributed by atoms with Gasteiger partial charge >= 0.3 is 0 Å². The van der Waals surface area contributed by atoms with Crippen LogP contribution in [0, 0.1) is 6.92 Å². The molecule has 0 saturated carbocycles. The topological polar surface area (TPSA) is 54.0 Å². The molecule has 6 heteroatoms. The quantitative estimate of drug-likeness (QED) is 0.727. The Balaban J connectivity index is 1.71. The summed E-state index contributed by atoms with van der Waals surface area (Å²) < 4.78 is 10.9. The molecule has 1 saturated heterocycles. The second-order valence-corrected chi connectivity index (χ2v) is 7.21. The van der Waals surface area contributed by atoms with E-state index in [9.17, 15) is 4.79 Å². The molecule has 0 aliphatic carbocycles. The third-order valence-electron chi connectivity index (χ3n) is 5.11. The van der Waals surface area contributed by atoms with Crippen molar-refractivity contribution in [1.82, 2.24) is 4.90 Å². The molecule has 3 rings (SSSR count). The normalized spacial score (nSPS) is 14.4. The highest BCUT2D eigenvalue weighted by Gasteiger charge is 2.16. The van der Waals surface area contributed by atoms with Crippen LogP contribution >= 0.6 is 0 Å². The van der Waals surface area contributed by atoms with Crippen molar-refractivity contribution in [3.63, 3.8) is 0 Å². The number of nitrogens with one attached hydrogen (secondary N) is 1. The maximum absolute atomic E-state index is 12.7. The van der Waals surface area contributed by atoms with Gasteiger partial charge < -0.3 is 24.6 Å². The molecule has 0 atom stereocenters. The molecular weight excluding hydrogens is 366 g/mol. The molecule has 1 N–H and O–H groups in total. The van der Waals surface area contributed by atoms with Crippen molar-refractivity contribution >= 4 is 17.3 Å². The van der Waals surface area contributed by atoms with E-state index >= 15 is 0 Å². The first kappa shape index (κ1) is 20.7. The van der Waals surface area contributed by atoms with E-state index in [2.05, 4.69) is 40.9 Å². The van der Waals surface area contributed by atoms with Gasteiger partial charge in [0, 0.05) is 43.1 Å². The molecule has 29 heavy (non-hydrogen) atoms. The van der Waals surface area contributed by atoms with Crippen LogP contribution in [0.1, 0.15) is 15.9 Å². The molecule has 0 spiro atoms. The minimum atomic E-state index is -0.186. The number of methoxy groups -OCH3 is 1. The van der Waals surface area contributed by atoms with Crippen molar-refractivity contribution in [2.24, 2.45) is 0 Å². The van der Waals surface area contributed by atoms with Crippen LogP contribution in [-0.2, 0) is 0 Å². The van der Waals surface area contributed by atoms with Gasteiger partial charge in [-0.05, 0) is 55.9 Å². The fourth-order valence-corrected chi connectivity index (χ4v) is 3.32.